The third-order valence-corrected chi connectivity index (χ3v) is 7.39. The van der Waals surface area contributed by atoms with Gasteiger partial charge in [-0.25, -0.2) is 13.2 Å². The van der Waals surface area contributed by atoms with Crippen molar-refractivity contribution in [2.24, 2.45) is 18.4 Å². The number of esters is 1. The van der Waals surface area contributed by atoms with E-state index in [0.29, 0.717) is 13.1 Å². The Bertz CT molecular complexity index is 710. The van der Waals surface area contributed by atoms with Crippen LogP contribution in [0.1, 0.15) is 43.0 Å². The quantitative estimate of drug-likeness (QED) is 0.786. The van der Waals surface area contributed by atoms with Crippen molar-refractivity contribution in [1.29, 1.82) is 0 Å². The predicted molar refractivity (Wildman–Crippen MR) is 85.6 cm³/mol. The lowest BCUT2D eigenvalue weighted by molar-refractivity contribution is 0.0600. The van der Waals surface area contributed by atoms with Gasteiger partial charge >= 0.3 is 5.97 Å². The Kier molecular flexibility index (Phi) is 4.04. The normalized spacial score (nSPS) is 22.0. The lowest BCUT2D eigenvalue weighted by atomic mass is 9.77. The highest BCUT2D eigenvalue weighted by molar-refractivity contribution is 7.89. The molecule has 0 unspecified atom stereocenters. The van der Waals surface area contributed by atoms with Crippen LogP contribution in [0, 0.1) is 11.3 Å². The molecule has 3 rings (SSSR count). The molecule has 6 nitrogen and oxygen atoms in total. The zero-order valence-electron chi connectivity index (χ0n) is 13.9. The number of carbonyl (C=O) groups excluding carboxylic acids is 1. The van der Waals surface area contributed by atoms with Crippen LogP contribution < -0.4 is 0 Å². The number of ether oxygens (including phenoxy) is 1. The Morgan fingerprint density at radius 3 is 2.43 bits per heavy atom. The summed E-state index contributed by atoms with van der Waals surface area (Å²) in [4.78, 5) is 11.6. The highest BCUT2D eigenvalue weighted by Crippen LogP contribution is 2.51. The predicted octanol–water partition coefficient (Wildman–Crippen LogP) is 2.01. The van der Waals surface area contributed by atoms with Gasteiger partial charge in [0.2, 0.25) is 0 Å². The third-order valence-electron chi connectivity index (χ3n) is 5.41. The van der Waals surface area contributed by atoms with Crippen LogP contribution in [0.3, 0.4) is 0 Å². The highest BCUT2D eigenvalue weighted by atomic mass is 32.2. The van der Waals surface area contributed by atoms with E-state index in [-0.39, 0.29) is 16.0 Å². The molecule has 1 aliphatic heterocycles. The van der Waals surface area contributed by atoms with Gasteiger partial charge in [0.15, 0.2) is 5.03 Å². The second-order valence-electron chi connectivity index (χ2n) is 7.00. The molecule has 0 spiro atoms. The van der Waals surface area contributed by atoms with Crippen molar-refractivity contribution in [2.75, 3.05) is 20.2 Å². The molecule has 2 heterocycles. The third kappa shape index (κ3) is 2.92. The fraction of sp³-hybridized carbons (Fsp3) is 0.688. The van der Waals surface area contributed by atoms with E-state index in [4.69, 9.17) is 0 Å². The van der Waals surface area contributed by atoms with Crippen LogP contribution in [0.2, 0.25) is 0 Å². The largest absolute Gasteiger partial charge is 0.465 e. The molecule has 0 atom stereocenters. The van der Waals surface area contributed by atoms with Crippen LogP contribution in [-0.4, -0.2) is 43.5 Å². The van der Waals surface area contributed by atoms with Crippen LogP contribution in [-0.2, 0) is 21.8 Å². The molecular formula is C16H24N2O4S. The summed E-state index contributed by atoms with van der Waals surface area (Å²) in [6.45, 7) is 3.38. The van der Waals surface area contributed by atoms with Crippen molar-refractivity contribution in [3.8, 4) is 0 Å². The second kappa shape index (κ2) is 5.63. The molecule has 0 bridgehead atoms. The molecule has 1 saturated heterocycles. The first kappa shape index (κ1) is 16.5. The van der Waals surface area contributed by atoms with Gasteiger partial charge in [-0.3, -0.25) is 0 Å². The Morgan fingerprint density at radius 1 is 1.30 bits per heavy atom. The molecule has 23 heavy (non-hydrogen) atoms. The van der Waals surface area contributed by atoms with Gasteiger partial charge in [-0.15, -0.1) is 0 Å². The van der Waals surface area contributed by atoms with E-state index >= 15 is 0 Å². The standard InChI is InChI=1S/C16H24N2O4S/c1-16(13-4-5-13)6-8-18(9-7-16)23(20,21)14-10-12(11-17(14)2)15(19)22-3/h10-11,13H,4-9H2,1-3H3. The number of sulfonamides is 1. The van der Waals surface area contributed by atoms with Crippen LogP contribution in [0.5, 0.6) is 0 Å². The minimum atomic E-state index is -3.58. The molecule has 1 saturated carbocycles. The van der Waals surface area contributed by atoms with E-state index in [9.17, 15) is 13.2 Å². The Hall–Kier alpha value is -1.34. The van der Waals surface area contributed by atoms with Gasteiger partial charge < -0.3 is 9.30 Å². The molecule has 128 valence electrons. The SMILES string of the molecule is COC(=O)c1cc(S(=O)(=O)N2CCC(C)(C3CC3)CC2)n(C)c1. The molecular weight excluding hydrogens is 316 g/mol. The molecule has 7 heteroatoms. The molecule has 0 amide bonds. The average Bonchev–Trinajstić information content (AvgIpc) is 3.30. The lowest BCUT2D eigenvalue weighted by Gasteiger charge is -2.39. The maximum absolute atomic E-state index is 12.9. The van der Waals surface area contributed by atoms with Crippen molar-refractivity contribution >= 4 is 16.0 Å². The minimum absolute atomic E-state index is 0.146. The number of nitrogens with zero attached hydrogens (tertiary/aromatic N) is 2. The number of piperidine rings is 1. The summed E-state index contributed by atoms with van der Waals surface area (Å²) in [7, 11) is -0.660. The summed E-state index contributed by atoms with van der Waals surface area (Å²) in [5.41, 5.74) is 0.547. The Balaban J connectivity index is 1.79. The smallest absolute Gasteiger partial charge is 0.339 e. The van der Waals surface area contributed by atoms with Crippen molar-refractivity contribution in [1.82, 2.24) is 8.87 Å². The first-order valence-corrected chi connectivity index (χ1v) is 9.47. The van der Waals surface area contributed by atoms with Gasteiger partial charge in [0, 0.05) is 26.3 Å². The lowest BCUT2D eigenvalue weighted by Crippen LogP contribution is -2.43. The van der Waals surface area contributed by atoms with E-state index in [1.807, 2.05) is 0 Å². The second-order valence-corrected chi connectivity index (χ2v) is 8.89. The van der Waals surface area contributed by atoms with Gasteiger partial charge in [-0.1, -0.05) is 6.92 Å². The summed E-state index contributed by atoms with van der Waals surface area (Å²) in [5, 5.41) is 0.146. The van der Waals surface area contributed by atoms with Gasteiger partial charge in [0.05, 0.1) is 12.7 Å². The molecule has 2 fully saturated rings. The molecule has 2 aliphatic rings. The van der Waals surface area contributed by atoms with Crippen LogP contribution in [0.15, 0.2) is 17.3 Å². The van der Waals surface area contributed by atoms with Gasteiger partial charge in [0.1, 0.15) is 0 Å². The highest BCUT2D eigenvalue weighted by Gasteiger charge is 2.45. The van der Waals surface area contributed by atoms with Crippen LogP contribution >= 0.6 is 0 Å². The van der Waals surface area contributed by atoms with E-state index in [2.05, 4.69) is 11.7 Å². The van der Waals surface area contributed by atoms with E-state index in [0.717, 1.165) is 18.8 Å². The zero-order chi connectivity index (χ0) is 16.8. The molecule has 1 aliphatic carbocycles. The number of carbonyl (C=O) groups is 1. The maximum Gasteiger partial charge on any atom is 0.339 e. The van der Waals surface area contributed by atoms with Gasteiger partial charge in [-0.05, 0) is 43.1 Å². The van der Waals surface area contributed by atoms with Crippen LogP contribution in [0.25, 0.3) is 0 Å². The summed E-state index contributed by atoms with van der Waals surface area (Å²) < 4.78 is 33.5. The van der Waals surface area contributed by atoms with Gasteiger partial charge in [-0.2, -0.15) is 4.31 Å². The number of methoxy groups -OCH3 is 1. The number of hydrogen-bond donors (Lipinski definition) is 0. The van der Waals surface area contributed by atoms with E-state index in [1.165, 1.54) is 36.8 Å². The topological polar surface area (TPSA) is 68.6 Å². The Morgan fingerprint density at radius 2 is 1.91 bits per heavy atom. The first-order valence-electron chi connectivity index (χ1n) is 8.03. The molecule has 1 aromatic heterocycles. The average molecular weight is 340 g/mol. The van der Waals surface area contributed by atoms with Gasteiger partial charge in [0.25, 0.3) is 10.0 Å². The number of aryl methyl sites for hydroxylation is 1. The summed E-state index contributed by atoms with van der Waals surface area (Å²) in [6.07, 6.45) is 5.88. The molecule has 0 radical (unpaired) electrons. The van der Waals surface area contributed by atoms with Crippen LogP contribution in [0.4, 0.5) is 0 Å². The monoisotopic (exact) mass is 340 g/mol. The van der Waals surface area contributed by atoms with Crippen molar-refractivity contribution in [3.63, 3.8) is 0 Å². The Labute approximate surface area is 137 Å². The minimum Gasteiger partial charge on any atom is -0.465 e. The van der Waals surface area contributed by atoms with Crippen molar-refractivity contribution in [3.05, 3.63) is 17.8 Å². The fourth-order valence-corrected chi connectivity index (χ4v) is 5.21. The number of rotatable bonds is 4. The van der Waals surface area contributed by atoms with Crippen molar-refractivity contribution in [2.45, 2.75) is 37.6 Å². The molecule has 0 aromatic carbocycles. The summed E-state index contributed by atoms with van der Waals surface area (Å²) in [5.74, 6) is 0.246. The van der Waals surface area contributed by atoms with E-state index < -0.39 is 16.0 Å². The maximum atomic E-state index is 12.9. The first-order chi connectivity index (χ1) is 10.8. The summed E-state index contributed by atoms with van der Waals surface area (Å²) in [6, 6.07) is 1.40. The fourth-order valence-electron chi connectivity index (χ4n) is 3.59. The number of aromatic nitrogens is 1. The summed E-state index contributed by atoms with van der Waals surface area (Å²) >= 11 is 0. The van der Waals surface area contributed by atoms with E-state index in [1.54, 1.807) is 11.4 Å². The molecule has 1 aromatic rings. The van der Waals surface area contributed by atoms with Crippen molar-refractivity contribution < 1.29 is 17.9 Å². The molecule has 0 N–H and O–H groups in total. The number of hydrogen-bond acceptors (Lipinski definition) is 4. The zero-order valence-corrected chi connectivity index (χ0v) is 14.7.